The van der Waals surface area contributed by atoms with Crippen LogP contribution in [0, 0.1) is 17.3 Å². The van der Waals surface area contributed by atoms with Crippen LogP contribution in [0.2, 0.25) is 0 Å². The zero-order valence-corrected chi connectivity index (χ0v) is 21.0. The first-order chi connectivity index (χ1) is 16.3. The lowest BCUT2D eigenvalue weighted by Crippen LogP contribution is -2.54. The summed E-state index contributed by atoms with van der Waals surface area (Å²) in [5, 5.41) is 6.97. The molecule has 2 aliphatic heterocycles. The molecule has 0 bridgehead atoms. The quantitative estimate of drug-likeness (QED) is 0.217. The number of halogens is 4. The Hall–Kier alpha value is -1.54. The first-order valence-corrected chi connectivity index (χ1v) is 12.1. The third-order valence-electron chi connectivity index (χ3n) is 6.74. The number of hydrazine groups is 2. The predicted octanol–water partition coefficient (Wildman–Crippen LogP) is 1.44. The number of nitrogens with zero attached hydrogens (tertiary/aromatic N) is 2. The van der Waals surface area contributed by atoms with Gasteiger partial charge in [0.25, 0.3) is 0 Å². The first kappa shape index (κ1) is 28.0. The summed E-state index contributed by atoms with van der Waals surface area (Å²) < 4.78 is 59.9. The molecule has 3 aliphatic rings. The van der Waals surface area contributed by atoms with Crippen molar-refractivity contribution in [3.05, 3.63) is 0 Å². The Morgan fingerprint density at radius 2 is 1.89 bits per heavy atom. The molecule has 1 saturated carbocycles. The number of alkyl halides is 4. The van der Waals surface area contributed by atoms with E-state index in [9.17, 15) is 22.4 Å². The number of hydrogen-bond acceptors (Lipinski definition) is 7. The highest BCUT2D eigenvalue weighted by atomic mass is 19.4. The predicted molar refractivity (Wildman–Crippen MR) is 124 cm³/mol. The van der Waals surface area contributed by atoms with Gasteiger partial charge < -0.3 is 10.1 Å². The second kappa shape index (κ2) is 11.2. The van der Waals surface area contributed by atoms with Gasteiger partial charge in [0.05, 0.1) is 18.2 Å². The highest BCUT2D eigenvalue weighted by Crippen LogP contribution is 2.33. The maximum absolute atomic E-state index is 14.4. The van der Waals surface area contributed by atoms with E-state index in [1.54, 1.807) is 0 Å². The molecule has 1 amide bonds. The summed E-state index contributed by atoms with van der Waals surface area (Å²) in [5.41, 5.74) is 8.42. The number of carbonyl (C=O) groups is 1. The second-order valence-electron chi connectivity index (χ2n) is 11.0. The molecule has 13 heteroatoms. The Morgan fingerprint density at radius 3 is 2.49 bits per heavy atom. The molecule has 9 nitrogen and oxygen atoms in total. The fraction of sp³-hybridized carbons (Fsp3) is 0.909. The maximum atomic E-state index is 14.4. The largest absolute Gasteiger partial charge is 0.405 e. The summed E-state index contributed by atoms with van der Waals surface area (Å²) in [7, 11) is 2.99. The zero-order chi connectivity index (χ0) is 26.0. The average Bonchev–Trinajstić information content (AvgIpc) is 3.38. The van der Waals surface area contributed by atoms with Gasteiger partial charge in [0.1, 0.15) is 12.2 Å². The van der Waals surface area contributed by atoms with E-state index < -0.39 is 30.2 Å². The fourth-order valence-corrected chi connectivity index (χ4v) is 4.86. The summed E-state index contributed by atoms with van der Waals surface area (Å²) in [5.74, 6) is -1.84. The van der Waals surface area contributed by atoms with Gasteiger partial charge in [0.2, 0.25) is 5.91 Å². The van der Waals surface area contributed by atoms with Gasteiger partial charge in [0.15, 0.2) is 5.96 Å². The Morgan fingerprint density at radius 1 is 1.17 bits per heavy atom. The van der Waals surface area contributed by atoms with Crippen LogP contribution in [0.25, 0.3) is 0 Å². The first-order valence-electron chi connectivity index (χ1n) is 12.1. The molecule has 0 aromatic heterocycles. The molecule has 1 aliphatic carbocycles. The summed E-state index contributed by atoms with van der Waals surface area (Å²) in [6.07, 6.45) is -3.82. The number of guanidine groups is 1. The van der Waals surface area contributed by atoms with E-state index in [1.165, 1.54) is 19.2 Å². The molecular formula is C22H39F4N7O2. The highest BCUT2D eigenvalue weighted by molar-refractivity contribution is 5.98. The molecular weight excluding hydrogens is 470 g/mol. The Bertz CT molecular complexity index is 761. The maximum Gasteiger partial charge on any atom is 0.405 e. The smallest absolute Gasteiger partial charge is 0.378 e. The van der Waals surface area contributed by atoms with Crippen LogP contribution in [0.15, 0.2) is 4.99 Å². The number of hydrogen-bond donors (Lipinski definition) is 5. The number of carbonyl (C=O) groups excluding carboxylic acids is 1. The van der Waals surface area contributed by atoms with Crippen molar-refractivity contribution in [1.29, 1.82) is 0 Å². The number of rotatable bonds is 5. The van der Waals surface area contributed by atoms with Crippen LogP contribution in [0.1, 0.15) is 46.5 Å². The number of methoxy groups -OCH3 is 1. The fourth-order valence-electron chi connectivity index (χ4n) is 4.86. The van der Waals surface area contributed by atoms with Crippen LogP contribution in [-0.2, 0) is 9.53 Å². The lowest BCUT2D eigenvalue weighted by Gasteiger charge is -2.33. The van der Waals surface area contributed by atoms with Gasteiger partial charge in [-0.2, -0.15) is 13.2 Å². The lowest BCUT2D eigenvalue weighted by atomic mass is 9.80. The molecule has 3 rings (SSSR count). The molecule has 2 heterocycles. The lowest BCUT2D eigenvalue weighted by molar-refractivity contribution is -0.168. The third kappa shape index (κ3) is 7.72. The van der Waals surface area contributed by atoms with E-state index in [-0.39, 0.29) is 42.1 Å². The standard InChI is InChI=1S/C22H39F4N7O2/c1-21(2,3)11-27-20(29-19(34)13-10-33(4)32-18(13)22(24,25)26)28-17-9-15(30-31-17)12-6-7-16(35-5)14(23)8-12/h12-18,30-32H,6-11H2,1-5H3,(H2,27,28,29,34). The normalized spacial score (nSPS) is 35.3. The van der Waals surface area contributed by atoms with E-state index in [2.05, 4.69) is 31.9 Å². The minimum atomic E-state index is -4.57. The van der Waals surface area contributed by atoms with Gasteiger partial charge in [-0.25, -0.2) is 20.3 Å². The third-order valence-corrected chi connectivity index (χ3v) is 6.74. The van der Waals surface area contributed by atoms with E-state index >= 15 is 0 Å². The van der Waals surface area contributed by atoms with Crippen LogP contribution in [0.5, 0.6) is 0 Å². The van der Waals surface area contributed by atoms with Gasteiger partial charge in [-0.1, -0.05) is 20.8 Å². The summed E-state index contributed by atoms with van der Waals surface area (Å²) in [4.78, 5) is 17.3. The van der Waals surface area contributed by atoms with Crippen molar-refractivity contribution in [3.63, 3.8) is 0 Å². The number of nitrogens with one attached hydrogen (secondary N) is 5. The molecule has 0 radical (unpaired) electrons. The Kier molecular flexibility index (Phi) is 9.01. The van der Waals surface area contributed by atoms with Crippen molar-refractivity contribution in [2.24, 2.45) is 22.2 Å². The highest BCUT2D eigenvalue weighted by Gasteiger charge is 2.52. The van der Waals surface area contributed by atoms with Crippen LogP contribution < -0.4 is 26.9 Å². The van der Waals surface area contributed by atoms with E-state index in [1.807, 2.05) is 20.8 Å². The SMILES string of the molecule is COC1CCC(C2CC(NC(=NCC(C)(C)C)NC(=O)C3CN(C)NC3C(F)(F)F)NN2)CC1F. The number of ether oxygens (including phenoxy) is 1. The summed E-state index contributed by atoms with van der Waals surface area (Å²) in [6.45, 7) is 6.19. The average molecular weight is 510 g/mol. The van der Waals surface area contributed by atoms with Crippen LogP contribution in [0.4, 0.5) is 17.6 Å². The van der Waals surface area contributed by atoms with Crippen LogP contribution in [-0.4, -0.2) is 80.8 Å². The zero-order valence-electron chi connectivity index (χ0n) is 21.0. The minimum absolute atomic E-state index is 0.00501. The topological polar surface area (TPSA) is 102 Å². The Balaban J connectivity index is 1.63. The number of amides is 1. The molecule has 7 unspecified atom stereocenters. The molecule has 2 saturated heterocycles. The molecule has 5 N–H and O–H groups in total. The van der Waals surface area contributed by atoms with Crippen LogP contribution >= 0.6 is 0 Å². The minimum Gasteiger partial charge on any atom is -0.378 e. The van der Waals surface area contributed by atoms with Crippen molar-refractivity contribution in [2.45, 2.75) is 83.2 Å². The monoisotopic (exact) mass is 509 g/mol. The van der Waals surface area contributed by atoms with E-state index in [0.29, 0.717) is 25.8 Å². The molecule has 35 heavy (non-hydrogen) atoms. The molecule has 0 aromatic rings. The van der Waals surface area contributed by atoms with Crippen molar-refractivity contribution >= 4 is 11.9 Å². The van der Waals surface area contributed by atoms with Gasteiger partial charge >= 0.3 is 6.18 Å². The Labute approximate surface area is 204 Å². The summed E-state index contributed by atoms with van der Waals surface area (Å²) in [6, 6.07) is -1.96. The van der Waals surface area contributed by atoms with E-state index in [4.69, 9.17) is 4.74 Å². The molecule has 7 atom stereocenters. The second-order valence-corrected chi connectivity index (χ2v) is 11.0. The molecule has 0 spiro atoms. The van der Waals surface area contributed by atoms with Crippen molar-refractivity contribution in [3.8, 4) is 0 Å². The van der Waals surface area contributed by atoms with Crippen molar-refractivity contribution in [2.75, 3.05) is 27.2 Å². The van der Waals surface area contributed by atoms with Crippen molar-refractivity contribution in [1.82, 2.24) is 31.9 Å². The summed E-state index contributed by atoms with van der Waals surface area (Å²) >= 11 is 0. The molecule has 0 aromatic carbocycles. The van der Waals surface area contributed by atoms with Gasteiger partial charge in [0, 0.05) is 33.3 Å². The van der Waals surface area contributed by atoms with Gasteiger partial charge in [-0.3, -0.25) is 20.5 Å². The van der Waals surface area contributed by atoms with Crippen LogP contribution in [0.3, 0.4) is 0 Å². The molecule has 202 valence electrons. The van der Waals surface area contributed by atoms with Gasteiger partial charge in [-0.15, -0.1) is 0 Å². The van der Waals surface area contributed by atoms with E-state index in [0.717, 1.165) is 6.42 Å². The van der Waals surface area contributed by atoms with Gasteiger partial charge in [-0.05, 0) is 37.0 Å². The molecule has 3 fully saturated rings. The number of aliphatic imine (C=N–C) groups is 1. The van der Waals surface area contributed by atoms with Crippen molar-refractivity contribution < 1.29 is 27.1 Å².